The number of hydrogen-bond acceptors (Lipinski definition) is 4. The summed E-state index contributed by atoms with van der Waals surface area (Å²) in [6, 6.07) is 54.2. The van der Waals surface area contributed by atoms with Crippen LogP contribution in [0.1, 0.15) is 58.2 Å². The Labute approximate surface area is 350 Å². The molecule has 6 aromatic carbocycles. The van der Waals surface area contributed by atoms with Crippen LogP contribution in [0.15, 0.2) is 140 Å². The van der Waals surface area contributed by atoms with Crippen molar-refractivity contribution in [3.8, 4) is 28.4 Å². The number of pyridine rings is 1. The molecule has 0 aliphatic carbocycles. The number of nitrogens with zero attached hydrogens (tertiary/aromatic N) is 4. The van der Waals surface area contributed by atoms with Crippen molar-refractivity contribution in [2.45, 2.75) is 59.3 Å². The SMILES string of the molecule is Cc1cccc(N2[CH-]N(c3[c-]c(Oc4[c-]c5c(cc4)c4ccccc4n5-c4cc(C(C)(C)C)ccn4)ccc3)c3ccccc32)c1-c1ccc(C(C)(C)C)cc1.[Pt]. The van der Waals surface area contributed by atoms with Crippen molar-refractivity contribution < 1.29 is 25.8 Å². The fraction of sp³-hybridized carbons (Fsp3) is 0.176. The molecule has 0 bridgehead atoms. The van der Waals surface area contributed by atoms with Crippen molar-refractivity contribution in [3.63, 3.8) is 0 Å². The largest absolute Gasteiger partial charge is 0.509 e. The van der Waals surface area contributed by atoms with Gasteiger partial charge in [0.05, 0.1) is 0 Å². The maximum absolute atomic E-state index is 6.58. The van der Waals surface area contributed by atoms with E-state index in [0.29, 0.717) is 11.5 Å². The molecule has 0 atom stereocenters. The second-order valence-electron chi connectivity index (χ2n) is 16.7. The maximum atomic E-state index is 6.58. The molecule has 9 rings (SSSR count). The van der Waals surface area contributed by atoms with Crippen LogP contribution in [0.25, 0.3) is 38.8 Å². The third-order valence-electron chi connectivity index (χ3n) is 10.8. The van der Waals surface area contributed by atoms with Crippen LogP contribution in [-0.4, -0.2) is 9.55 Å². The number of para-hydroxylation sites is 3. The van der Waals surface area contributed by atoms with E-state index >= 15 is 0 Å². The summed E-state index contributed by atoms with van der Waals surface area (Å²) in [7, 11) is 0. The van der Waals surface area contributed by atoms with Crippen molar-refractivity contribution >= 4 is 44.6 Å². The molecule has 0 amide bonds. The molecule has 57 heavy (non-hydrogen) atoms. The smallest absolute Gasteiger partial charge is 0.135 e. The molecule has 0 spiro atoms. The Morgan fingerprint density at radius 1 is 0.596 bits per heavy atom. The number of aryl methyl sites for hydroxylation is 1. The molecule has 1 aliphatic heterocycles. The van der Waals surface area contributed by atoms with Gasteiger partial charge in [-0.1, -0.05) is 114 Å². The van der Waals surface area contributed by atoms with Crippen LogP contribution in [0.2, 0.25) is 0 Å². The van der Waals surface area contributed by atoms with Crippen LogP contribution in [0.4, 0.5) is 22.7 Å². The Morgan fingerprint density at radius 2 is 1.26 bits per heavy atom. The Bertz CT molecular complexity index is 2750. The summed E-state index contributed by atoms with van der Waals surface area (Å²) in [5, 5.41) is 2.24. The Morgan fingerprint density at radius 3 is 2.02 bits per heavy atom. The first-order chi connectivity index (χ1) is 26.9. The average Bonchev–Trinajstić information content (AvgIpc) is 3.73. The summed E-state index contributed by atoms with van der Waals surface area (Å²) in [6.45, 7) is 17.8. The van der Waals surface area contributed by atoms with Crippen LogP contribution >= 0.6 is 0 Å². The summed E-state index contributed by atoms with van der Waals surface area (Å²) < 4.78 is 8.77. The quantitative estimate of drug-likeness (QED) is 0.156. The van der Waals surface area contributed by atoms with E-state index in [-0.39, 0.29) is 31.9 Å². The Kier molecular flexibility index (Phi) is 9.86. The molecule has 0 radical (unpaired) electrons. The maximum Gasteiger partial charge on any atom is 0.135 e. The average molecular weight is 925 g/mol. The molecular formula is C51H45N4OPt-3. The molecule has 0 unspecified atom stereocenters. The van der Waals surface area contributed by atoms with Gasteiger partial charge in [-0.05, 0) is 81.8 Å². The summed E-state index contributed by atoms with van der Waals surface area (Å²) in [4.78, 5) is 9.32. The van der Waals surface area contributed by atoms with Gasteiger partial charge >= 0.3 is 0 Å². The fourth-order valence-corrected chi connectivity index (χ4v) is 7.79. The third-order valence-corrected chi connectivity index (χ3v) is 10.8. The van der Waals surface area contributed by atoms with Crippen LogP contribution in [0, 0.1) is 25.7 Å². The van der Waals surface area contributed by atoms with Crippen molar-refractivity contribution in [3.05, 3.63) is 175 Å². The predicted octanol–water partition coefficient (Wildman–Crippen LogP) is 13.5. The van der Waals surface area contributed by atoms with Gasteiger partial charge in [-0.15, -0.1) is 48.1 Å². The molecule has 2 aromatic heterocycles. The standard InChI is InChI=1S/C51H45N4O.Pt/c1-34-14-12-21-46(49(34)35-22-24-36(25-23-35)50(2,3)4)54-33-53(44-19-10-11-20-45(44)54)38-15-13-16-39(31-38)56-40-26-27-42-41-17-8-9-18-43(41)55(47(42)32-40)48-30-37(28-29-52-48)51(5,6)7;/h8-30,33H,1-7H3;/q-3;. The molecule has 3 heterocycles. The summed E-state index contributed by atoms with van der Waals surface area (Å²) in [5.74, 6) is 2.07. The molecule has 6 heteroatoms. The Hall–Kier alpha value is -5.64. The number of rotatable bonds is 6. The molecule has 0 fully saturated rings. The van der Waals surface area contributed by atoms with Crippen molar-refractivity contribution in [2.75, 3.05) is 9.80 Å². The number of ether oxygens (including phenoxy) is 1. The van der Waals surface area contributed by atoms with Crippen LogP contribution in [0.5, 0.6) is 11.5 Å². The second kappa shape index (κ2) is 14.7. The van der Waals surface area contributed by atoms with Gasteiger partial charge in [0.1, 0.15) is 5.82 Å². The van der Waals surface area contributed by atoms with Crippen LogP contribution < -0.4 is 14.5 Å². The zero-order chi connectivity index (χ0) is 38.8. The summed E-state index contributed by atoms with van der Waals surface area (Å²) in [6.07, 6.45) is 1.90. The van der Waals surface area contributed by atoms with E-state index in [0.717, 1.165) is 50.4 Å². The van der Waals surface area contributed by atoms with Gasteiger partial charge in [0.25, 0.3) is 0 Å². The summed E-state index contributed by atoms with van der Waals surface area (Å²) in [5.41, 5.74) is 12.4. The minimum atomic E-state index is -0.0136. The second-order valence-corrected chi connectivity index (χ2v) is 16.7. The third kappa shape index (κ3) is 7.04. The van der Waals surface area contributed by atoms with Crippen molar-refractivity contribution in [1.29, 1.82) is 0 Å². The zero-order valence-corrected chi connectivity index (χ0v) is 35.6. The number of fused-ring (bicyclic) bond motifs is 4. The van der Waals surface area contributed by atoms with Gasteiger partial charge in [-0.25, -0.2) is 4.98 Å². The van der Waals surface area contributed by atoms with Gasteiger partial charge < -0.3 is 19.1 Å². The first-order valence-electron chi connectivity index (χ1n) is 19.3. The van der Waals surface area contributed by atoms with Gasteiger partial charge in [-0.2, -0.15) is 12.1 Å². The van der Waals surface area contributed by atoms with Crippen LogP contribution in [-0.2, 0) is 31.9 Å². The molecule has 0 N–H and O–H groups in total. The molecule has 8 aromatic rings. The van der Waals surface area contributed by atoms with Crippen molar-refractivity contribution in [1.82, 2.24) is 9.55 Å². The van der Waals surface area contributed by atoms with Gasteiger partial charge in [0.15, 0.2) is 0 Å². The van der Waals surface area contributed by atoms with Crippen LogP contribution in [0.3, 0.4) is 0 Å². The molecule has 288 valence electrons. The molecular weight excluding hydrogens is 880 g/mol. The number of anilines is 4. The van der Waals surface area contributed by atoms with E-state index in [1.165, 1.54) is 27.8 Å². The van der Waals surface area contributed by atoms with Gasteiger partial charge in [0.2, 0.25) is 0 Å². The van der Waals surface area contributed by atoms with E-state index in [1.54, 1.807) is 0 Å². The first-order valence-corrected chi connectivity index (χ1v) is 19.3. The monoisotopic (exact) mass is 924 g/mol. The molecule has 1 aliphatic rings. The van der Waals surface area contributed by atoms with E-state index in [4.69, 9.17) is 9.72 Å². The van der Waals surface area contributed by atoms with E-state index in [2.05, 4.69) is 197 Å². The molecule has 0 saturated carbocycles. The van der Waals surface area contributed by atoms with Gasteiger partial charge in [0, 0.05) is 66.9 Å². The number of hydrogen-bond donors (Lipinski definition) is 0. The first kappa shape index (κ1) is 38.2. The topological polar surface area (TPSA) is 33.5 Å². The van der Waals surface area contributed by atoms with E-state index < -0.39 is 0 Å². The fourth-order valence-electron chi connectivity index (χ4n) is 7.79. The zero-order valence-electron chi connectivity index (χ0n) is 33.4. The molecule has 5 nitrogen and oxygen atoms in total. The minimum Gasteiger partial charge on any atom is -0.509 e. The van der Waals surface area contributed by atoms with Crippen molar-refractivity contribution in [2.24, 2.45) is 0 Å². The van der Waals surface area contributed by atoms with E-state index in [9.17, 15) is 0 Å². The van der Waals surface area contributed by atoms with Gasteiger partial charge in [-0.3, -0.25) is 0 Å². The summed E-state index contributed by atoms with van der Waals surface area (Å²) >= 11 is 0. The number of benzene rings is 6. The van der Waals surface area contributed by atoms with E-state index in [1.807, 2.05) is 24.4 Å². The number of aromatic nitrogens is 2. The normalized spacial score (nSPS) is 12.9. The minimum absolute atomic E-state index is 0. The Balaban J connectivity index is 0.00000455. The molecule has 0 saturated heterocycles. The predicted molar refractivity (Wildman–Crippen MR) is 232 cm³/mol.